The number of rotatable bonds is 0. The van der Waals surface area contributed by atoms with Crippen molar-refractivity contribution in [1.82, 2.24) is 5.32 Å². The standard InChI is InChI=1S/C11H13ClN2.2ClH/c12-9-2-1-7-3-4-13-5-8-6-14-11(9)10(7)8;;/h1-2,8,13-14H,3-6H2;2*1H/t8-;;/m0../s1. The Morgan fingerprint density at radius 2 is 2.00 bits per heavy atom. The van der Waals surface area contributed by atoms with Crippen LogP contribution in [-0.4, -0.2) is 19.6 Å². The van der Waals surface area contributed by atoms with Crippen LogP contribution in [0.15, 0.2) is 12.1 Å². The van der Waals surface area contributed by atoms with E-state index in [1.807, 2.05) is 6.07 Å². The molecule has 1 aromatic carbocycles. The van der Waals surface area contributed by atoms with Gasteiger partial charge in [0.15, 0.2) is 0 Å². The van der Waals surface area contributed by atoms with Gasteiger partial charge in [0.25, 0.3) is 0 Å². The molecule has 0 saturated heterocycles. The number of nitrogens with one attached hydrogen (secondary N) is 2. The summed E-state index contributed by atoms with van der Waals surface area (Å²) in [5.41, 5.74) is 4.10. The maximum atomic E-state index is 6.16. The largest absolute Gasteiger partial charge is 0.383 e. The quantitative estimate of drug-likeness (QED) is 0.764. The van der Waals surface area contributed by atoms with Crippen LogP contribution < -0.4 is 10.6 Å². The zero-order valence-corrected chi connectivity index (χ0v) is 11.1. The van der Waals surface area contributed by atoms with E-state index in [1.165, 1.54) is 16.8 Å². The maximum absolute atomic E-state index is 6.16. The molecule has 1 aromatic rings. The van der Waals surface area contributed by atoms with Crippen LogP contribution in [0.1, 0.15) is 17.0 Å². The minimum Gasteiger partial charge on any atom is -0.383 e. The van der Waals surface area contributed by atoms with E-state index in [2.05, 4.69) is 16.7 Å². The second kappa shape index (κ2) is 5.46. The fourth-order valence-corrected chi connectivity index (χ4v) is 2.73. The number of halogens is 3. The predicted molar refractivity (Wildman–Crippen MR) is 73.8 cm³/mol. The van der Waals surface area contributed by atoms with Gasteiger partial charge in [0, 0.05) is 19.0 Å². The molecule has 0 aromatic heterocycles. The first kappa shape index (κ1) is 13.9. The molecule has 5 heteroatoms. The first-order chi connectivity index (χ1) is 6.86. The second-order valence-corrected chi connectivity index (χ2v) is 4.43. The Balaban J connectivity index is 0.000000640. The Bertz CT molecular complexity index is 382. The zero-order chi connectivity index (χ0) is 9.54. The lowest BCUT2D eigenvalue weighted by atomic mass is 9.95. The molecule has 1 atom stereocenters. The van der Waals surface area contributed by atoms with Crippen molar-refractivity contribution in [3.05, 3.63) is 28.3 Å². The van der Waals surface area contributed by atoms with Crippen LogP contribution in [0.5, 0.6) is 0 Å². The van der Waals surface area contributed by atoms with E-state index in [9.17, 15) is 0 Å². The van der Waals surface area contributed by atoms with Crippen molar-refractivity contribution in [1.29, 1.82) is 0 Å². The fraction of sp³-hybridized carbons (Fsp3) is 0.455. The van der Waals surface area contributed by atoms with Gasteiger partial charge in [0.05, 0.1) is 10.7 Å². The number of hydrogen-bond donors (Lipinski definition) is 2. The molecular weight excluding hydrogens is 266 g/mol. The molecule has 2 aliphatic rings. The fourth-order valence-electron chi connectivity index (χ4n) is 2.50. The molecule has 0 spiro atoms. The van der Waals surface area contributed by atoms with Crippen molar-refractivity contribution < 1.29 is 0 Å². The molecule has 0 saturated carbocycles. The Morgan fingerprint density at radius 3 is 2.81 bits per heavy atom. The molecule has 2 nitrogen and oxygen atoms in total. The highest BCUT2D eigenvalue weighted by atomic mass is 35.5. The Kier molecular flexibility index (Phi) is 4.74. The third kappa shape index (κ3) is 2.12. The maximum Gasteiger partial charge on any atom is 0.0640 e. The van der Waals surface area contributed by atoms with Crippen LogP contribution in [0.25, 0.3) is 0 Å². The monoisotopic (exact) mass is 280 g/mol. The van der Waals surface area contributed by atoms with Crippen molar-refractivity contribution in [2.45, 2.75) is 12.3 Å². The summed E-state index contributed by atoms with van der Waals surface area (Å²) >= 11 is 6.16. The molecule has 0 bridgehead atoms. The third-order valence-corrected chi connectivity index (χ3v) is 3.50. The highest BCUT2D eigenvalue weighted by Gasteiger charge is 2.28. The number of anilines is 1. The Morgan fingerprint density at radius 1 is 1.19 bits per heavy atom. The van der Waals surface area contributed by atoms with E-state index in [0.29, 0.717) is 5.92 Å². The Hall–Kier alpha value is -0.150. The smallest absolute Gasteiger partial charge is 0.0640 e. The molecule has 16 heavy (non-hydrogen) atoms. The summed E-state index contributed by atoms with van der Waals surface area (Å²) in [7, 11) is 0. The van der Waals surface area contributed by atoms with Gasteiger partial charge in [0.1, 0.15) is 0 Å². The van der Waals surface area contributed by atoms with E-state index >= 15 is 0 Å². The number of hydrogen-bond acceptors (Lipinski definition) is 2. The van der Waals surface area contributed by atoms with E-state index in [0.717, 1.165) is 31.1 Å². The van der Waals surface area contributed by atoms with E-state index < -0.39 is 0 Å². The van der Waals surface area contributed by atoms with Gasteiger partial charge in [-0.25, -0.2) is 0 Å². The van der Waals surface area contributed by atoms with E-state index in [1.54, 1.807) is 0 Å². The highest BCUT2D eigenvalue weighted by molar-refractivity contribution is 6.33. The summed E-state index contributed by atoms with van der Waals surface area (Å²) in [5.74, 6) is 0.612. The van der Waals surface area contributed by atoms with Crippen molar-refractivity contribution in [2.75, 3.05) is 25.0 Å². The van der Waals surface area contributed by atoms with Gasteiger partial charge in [-0.3, -0.25) is 0 Å². The van der Waals surface area contributed by atoms with Crippen molar-refractivity contribution in [3.63, 3.8) is 0 Å². The SMILES string of the molecule is Cl.Cl.Clc1ccc2c3c1NC[C@@H]3CNCC2. The molecule has 2 N–H and O–H groups in total. The molecule has 2 heterocycles. The minimum atomic E-state index is 0. The zero-order valence-electron chi connectivity index (χ0n) is 8.75. The summed E-state index contributed by atoms with van der Waals surface area (Å²) < 4.78 is 0. The van der Waals surface area contributed by atoms with Crippen LogP contribution >= 0.6 is 36.4 Å². The topological polar surface area (TPSA) is 24.1 Å². The van der Waals surface area contributed by atoms with Gasteiger partial charge in [0.2, 0.25) is 0 Å². The normalized spacial score (nSPS) is 20.9. The first-order valence-corrected chi connectivity index (χ1v) is 5.50. The summed E-state index contributed by atoms with van der Waals surface area (Å²) in [4.78, 5) is 0. The molecule has 90 valence electrons. The first-order valence-electron chi connectivity index (χ1n) is 5.12. The average Bonchev–Trinajstić information content (AvgIpc) is 2.51. The molecule has 2 aliphatic heterocycles. The summed E-state index contributed by atoms with van der Waals surface area (Å²) in [5, 5.41) is 7.74. The molecule has 0 unspecified atom stereocenters. The van der Waals surface area contributed by atoms with Crippen LogP contribution in [0.2, 0.25) is 5.02 Å². The van der Waals surface area contributed by atoms with Crippen LogP contribution in [0.4, 0.5) is 5.69 Å². The van der Waals surface area contributed by atoms with Crippen molar-refractivity contribution >= 4 is 42.1 Å². The van der Waals surface area contributed by atoms with Gasteiger partial charge in [-0.2, -0.15) is 0 Å². The summed E-state index contributed by atoms with van der Waals surface area (Å²) in [6.07, 6.45) is 1.12. The highest BCUT2D eigenvalue weighted by Crippen LogP contribution is 2.40. The molecule has 0 amide bonds. The molecular formula is C11H15Cl3N2. The lowest BCUT2D eigenvalue weighted by Gasteiger charge is -2.09. The lowest BCUT2D eigenvalue weighted by Crippen LogP contribution is -2.21. The van der Waals surface area contributed by atoms with Crippen LogP contribution in [0, 0.1) is 0 Å². The summed E-state index contributed by atoms with van der Waals surface area (Å²) in [6, 6.07) is 4.19. The van der Waals surface area contributed by atoms with Crippen molar-refractivity contribution in [3.8, 4) is 0 Å². The second-order valence-electron chi connectivity index (χ2n) is 4.03. The number of benzene rings is 1. The van der Waals surface area contributed by atoms with Gasteiger partial charge in [-0.1, -0.05) is 17.7 Å². The molecule has 0 aliphatic carbocycles. The third-order valence-electron chi connectivity index (χ3n) is 3.18. The van der Waals surface area contributed by atoms with Crippen LogP contribution in [-0.2, 0) is 6.42 Å². The summed E-state index contributed by atoms with van der Waals surface area (Å²) in [6.45, 7) is 3.19. The minimum absolute atomic E-state index is 0. The lowest BCUT2D eigenvalue weighted by molar-refractivity contribution is 0.639. The molecule has 0 radical (unpaired) electrons. The predicted octanol–water partition coefficient (Wildman–Crippen LogP) is 2.84. The van der Waals surface area contributed by atoms with E-state index in [-0.39, 0.29) is 24.8 Å². The average molecular weight is 282 g/mol. The molecule has 0 fully saturated rings. The van der Waals surface area contributed by atoms with Crippen LogP contribution in [0.3, 0.4) is 0 Å². The Labute approximate surface area is 113 Å². The van der Waals surface area contributed by atoms with E-state index in [4.69, 9.17) is 11.6 Å². The van der Waals surface area contributed by atoms with Crippen molar-refractivity contribution in [2.24, 2.45) is 0 Å². The van der Waals surface area contributed by atoms with Gasteiger partial charge in [-0.05, 0) is 30.2 Å². The van der Waals surface area contributed by atoms with Gasteiger partial charge in [-0.15, -0.1) is 24.8 Å². The molecule has 3 rings (SSSR count). The van der Waals surface area contributed by atoms with Gasteiger partial charge >= 0.3 is 0 Å². The van der Waals surface area contributed by atoms with Gasteiger partial charge < -0.3 is 10.6 Å².